The van der Waals surface area contributed by atoms with Gasteiger partial charge in [-0.05, 0) is 109 Å². The van der Waals surface area contributed by atoms with Crippen molar-refractivity contribution in [3.63, 3.8) is 0 Å². The maximum atomic E-state index is 9.28. The molecule has 1 saturated carbocycles. The van der Waals surface area contributed by atoms with Crippen molar-refractivity contribution in [1.29, 1.82) is 0 Å². The molecule has 0 aliphatic heterocycles. The van der Waals surface area contributed by atoms with Crippen LogP contribution in [0.5, 0.6) is 5.75 Å². The Hall–Kier alpha value is -2.06. The lowest BCUT2D eigenvalue weighted by Gasteiger charge is -2.22. The first kappa shape index (κ1) is 45.9. The van der Waals surface area contributed by atoms with E-state index in [1.807, 2.05) is 24.3 Å². The number of phenols is 1. The van der Waals surface area contributed by atoms with Crippen molar-refractivity contribution < 1.29 is 5.11 Å². The lowest BCUT2D eigenvalue weighted by Crippen LogP contribution is -2.08. The van der Waals surface area contributed by atoms with Crippen molar-refractivity contribution >= 4 is 11.3 Å². The molecule has 1 aliphatic carbocycles. The quantitative estimate of drug-likeness (QED) is 0.226. The van der Waals surface area contributed by atoms with Crippen molar-refractivity contribution in [3.05, 3.63) is 87.1 Å². The highest BCUT2D eigenvalue weighted by atomic mass is 32.1. The molecule has 1 fully saturated rings. The predicted molar refractivity (Wildman–Crippen MR) is 220 cm³/mol. The fraction of sp³-hybridized carbons (Fsp3) is 0.652. The second-order valence-corrected chi connectivity index (χ2v) is 17.3. The number of hydrogen-bond acceptors (Lipinski definition) is 2. The summed E-state index contributed by atoms with van der Waals surface area (Å²) in [4.78, 5) is 1.50. The summed E-state index contributed by atoms with van der Waals surface area (Å²) < 4.78 is 0. The second-order valence-electron chi connectivity index (χ2n) is 16.3. The van der Waals surface area contributed by atoms with Crippen LogP contribution < -0.4 is 0 Å². The summed E-state index contributed by atoms with van der Waals surface area (Å²) in [6.45, 7) is 28.9. The molecule has 3 aromatic rings. The molecule has 0 unspecified atom stereocenters. The Kier molecular flexibility index (Phi) is 26.5. The Morgan fingerprint density at radius 3 is 1.60 bits per heavy atom. The Balaban J connectivity index is 0.000000584. The summed E-state index contributed by atoms with van der Waals surface area (Å²) in [6.07, 6.45) is 15.2. The Labute approximate surface area is 304 Å². The standard InChI is InChI=1S/C11H16O.C11H16.C10H20.C8H12S.C6H14/c1-8(2)6-10-4-5-11(12)9(3)7-10;1-9(2)8-11-6-4-10(3)5-7-11;1-9(2)8-10-6-4-3-5-7-10;1-7(2)6-8-4-3-5-9-8;1-4-5-6(2)3/h4-5,7-8,12H,6H2,1-3H3;4-7,9H,8H2,1-3H3;9-10H,3-8H2,1-2H3;3-5,7H,6H2,1-2H3;6H,4-5H2,1-3H3. The minimum Gasteiger partial charge on any atom is -0.508 e. The molecule has 0 bridgehead atoms. The highest BCUT2D eigenvalue weighted by Gasteiger charge is 2.13. The number of phenolic OH excluding ortho intramolecular Hbond substituents is 1. The number of hydrogen-bond donors (Lipinski definition) is 1. The molecule has 1 nitrogen and oxygen atoms in total. The summed E-state index contributed by atoms with van der Waals surface area (Å²) in [7, 11) is 0. The van der Waals surface area contributed by atoms with Crippen LogP contribution in [0.4, 0.5) is 0 Å². The number of aromatic hydroxyl groups is 1. The number of aryl methyl sites for hydroxylation is 2. The molecular formula is C46H78OS. The summed E-state index contributed by atoms with van der Waals surface area (Å²) in [6, 6.07) is 18.9. The third-order valence-electron chi connectivity index (χ3n) is 8.25. The SMILES string of the molecule is CC(C)CC1CCCCC1.CC(C)Cc1cccs1.CCCC(C)C.Cc1cc(CC(C)C)ccc1O.Cc1ccc(CC(C)C)cc1. The van der Waals surface area contributed by atoms with E-state index in [0.717, 1.165) is 41.6 Å². The van der Waals surface area contributed by atoms with E-state index in [2.05, 4.69) is 131 Å². The number of benzene rings is 2. The molecule has 48 heavy (non-hydrogen) atoms. The molecular weight excluding hydrogens is 601 g/mol. The van der Waals surface area contributed by atoms with Crippen molar-refractivity contribution in [3.8, 4) is 5.75 Å². The van der Waals surface area contributed by atoms with Crippen LogP contribution in [0.15, 0.2) is 60.0 Å². The van der Waals surface area contributed by atoms with Gasteiger partial charge in [-0.15, -0.1) is 11.3 Å². The van der Waals surface area contributed by atoms with Gasteiger partial charge in [-0.1, -0.05) is 169 Å². The lowest BCUT2D eigenvalue weighted by atomic mass is 9.84. The topological polar surface area (TPSA) is 20.2 Å². The van der Waals surface area contributed by atoms with E-state index in [-0.39, 0.29) is 0 Å². The molecule has 4 rings (SSSR count). The van der Waals surface area contributed by atoms with Crippen LogP contribution in [-0.4, -0.2) is 5.11 Å². The maximum absolute atomic E-state index is 9.28. The molecule has 2 heteroatoms. The van der Waals surface area contributed by atoms with Gasteiger partial charge in [-0.2, -0.15) is 0 Å². The minimum absolute atomic E-state index is 0.391. The van der Waals surface area contributed by atoms with Gasteiger partial charge in [-0.25, -0.2) is 0 Å². The van der Waals surface area contributed by atoms with Crippen molar-refractivity contribution in [1.82, 2.24) is 0 Å². The molecule has 1 aliphatic rings. The Bertz CT molecular complexity index is 1120. The molecule has 0 spiro atoms. The van der Waals surface area contributed by atoms with Crippen molar-refractivity contribution in [2.45, 2.75) is 161 Å². The molecule has 1 N–H and O–H groups in total. The third-order valence-corrected chi connectivity index (χ3v) is 9.15. The van der Waals surface area contributed by atoms with Gasteiger partial charge < -0.3 is 5.11 Å². The van der Waals surface area contributed by atoms with E-state index in [0.29, 0.717) is 11.7 Å². The second kappa shape index (κ2) is 27.7. The first-order valence-electron chi connectivity index (χ1n) is 19.5. The molecule has 0 radical (unpaired) electrons. The largest absolute Gasteiger partial charge is 0.508 e. The van der Waals surface area contributed by atoms with E-state index in [1.54, 1.807) is 6.07 Å². The van der Waals surface area contributed by atoms with Gasteiger partial charge in [0, 0.05) is 4.88 Å². The van der Waals surface area contributed by atoms with Crippen LogP contribution in [0.3, 0.4) is 0 Å². The fourth-order valence-corrected chi connectivity index (χ4v) is 6.93. The zero-order valence-electron chi connectivity index (χ0n) is 33.9. The van der Waals surface area contributed by atoms with Gasteiger partial charge in [0.25, 0.3) is 0 Å². The van der Waals surface area contributed by atoms with E-state index < -0.39 is 0 Å². The van der Waals surface area contributed by atoms with Crippen LogP contribution in [0.2, 0.25) is 0 Å². The highest BCUT2D eigenvalue weighted by molar-refractivity contribution is 7.09. The van der Waals surface area contributed by atoms with E-state index in [4.69, 9.17) is 0 Å². The first-order valence-corrected chi connectivity index (χ1v) is 20.4. The van der Waals surface area contributed by atoms with Gasteiger partial charge in [0.2, 0.25) is 0 Å². The molecule has 0 saturated heterocycles. The van der Waals surface area contributed by atoms with Crippen LogP contribution in [0.25, 0.3) is 0 Å². The highest BCUT2D eigenvalue weighted by Crippen LogP contribution is 2.28. The summed E-state index contributed by atoms with van der Waals surface area (Å²) in [5, 5.41) is 11.4. The van der Waals surface area contributed by atoms with Gasteiger partial charge >= 0.3 is 0 Å². The van der Waals surface area contributed by atoms with E-state index >= 15 is 0 Å². The summed E-state index contributed by atoms with van der Waals surface area (Å²) in [5.41, 5.74) is 5.07. The van der Waals surface area contributed by atoms with Gasteiger partial charge in [0.05, 0.1) is 0 Å². The molecule has 0 atom stereocenters. The number of rotatable bonds is 10. The van der Waals surface area contributed by atoms with Crippen molar-refractivity contribution in [2.75, 3.05) is 0 Å². The molecule has 0 amide bonds. The summed E-state index contributed by atoms with van der Waals surface area (Å²) in [5.74, 6) is 5.52. The van der Waals surface area contributed by atoms with Gasteiger partial charge in [0.1, 0.15) is 5.75 Å². The summed E-state index contributed by atoms with van der Waals surface area (Å²) >= 11 is 1.85. The van der Waals surface area contributed by atoms with Gasteiger partial charge in [-0.3, -0.25) is 0 Å². The first-order chi connectivity index (χ1) is 22.6. The molecule has 1 aromatic heterocycles. The monoisotopic (exact) mass is 679 g/mol. The zero-order chi connectivity index (χ0) is 36.5. The van der Waals surface area contributed by atoms with Crippen molar-refractivity contribution in [2.24, 2.45) is 35.5 Å². The Morgan fingerprint density at radius 2 is 1.19 bits per heavy atom. The average molecular weight is 679 g/mol. The van der Waals surface area contributed by atoms with Crippen LogP contribution in [-0.2, 0) is 19.3 Å². The fourth-order valence-electron chi connectivity index (χ4n) is 6.01. The molecule has 274 valence electrons. The van der Waals surface area contributed by atoms with E-state index in [9.17, 15) is 5.11 Å². The zero-order valence-corrected chi connectivity index (χ0v) is 34.7. The van der Waals surface area contributed by atoms with Crippen LogP contribution in [0, 0.1) is 49.4 Å². The maximum Gasteiger partial charge on any atom is 0.118 e. The number of thiophene rings is 1. The lowest BCUT2D eigenvalue weighted by molar-refractivity contribution is 0.305. The molecule has 1 heterocycles. The normalized spacial score (nSPS) is 12.9. The predicted octanol–water partition coefficient (Wildman–Crippen LogP) is 15.1. The van der Waals surface area contributed by atoms with E-state index in [1.165, 1.54) is 85.8 Å². The third kappa shape index (κ3) is 26.8. The molecule has 2 aromatic carbocycles. The average Bonchev–Trinajstić information content (AvgIpc) is 3.50. The smallest absolute Gasteiger partial charge is 0.118 e. The van der Waals surface area contributed by atoms with Crippen LogP contribution >= 0.6 is 11.3 Å². The van der Waals surface area contributed by atoms with Gasteiger partial charge in [0.15, 0.2) is 0 Å². The van der Waals surface area contributed by atoms with Crippen LogP contribution in [0.1, 0.15) is 155 Å². The minimum atomic E-state index is 0.391. The Morgan fingerprint density at radius 1 is 0.646 bits per heavy atom.